The second-order valence-corrected chi connectivity index (χ2v) is 16.4. The Bertz CT molecular complexity index is 2580. The first-order valence-electron chi connectivity index (χ1n) is 18.4. The zero-order valence-electron chi connectivity index (χ0n) is 30.6. The van der Waals surface area contributed by atoms with Gasteiger partial charge in [0.2, 0.25) is 11.8 Å². The number of carbonyl (C=O) groups excluding carboxylic acids is 4. The summed E-state index contributed by atoms with van der Waals surface area (Å²) < 4.78 is 14.0. The maximum atomic E-state index is 14.8. The monoisotopic (exact) mass is 801 g/mol. The molecule has 0 bridgehead atoms. The Hall–Kier alpha value is -5.91. The van der Waals surface area contributed by atoms with E-state index in [9.17, 15) is 28.7 Å². The molecule has 1 N–H and O–H groups in total. The molecule has 9 rings (SSSR count). The molecule has 2 aliphatic carbocycles. The number of hydrogen-bond donors (Lipinski definition) is 1. The number of imide groups is 2. The number of halogens is 3. The lowest BCUT2D eigenvalue weighted by Gasteiger charge is -2.51. The van der Waals surface area contributed by atoms with Crippen LogP contribution in [0.5, 0.6) is 5.75 Å². The number of allylic oxidation sites excluding steroid dienone is 2. The minimum atomic E-state index is -2.19. The smallest absolute Gasteiger partial charge is 0.258 e. The van der Waals surface area contributed by atoms with Gasteiger partial charge in [-0.1, -0.05) is 42.0 Å². The van der Waals surface area contributed by atoms with Gasteiger partial charge in [0.25, 0.3) is 11.8 Å². The van der Waals surface area contributed by atoms with E-state index in [0.29, 0.717) is 28.0 Å². The highest BCUT2D eigenvalue weighted by atomic mass is 35.5. The topological polar surface area (TPSA) is 123 Å². The lowest BCUT2D eigenvalue weighted by Crippen LogP contribution is -2.60. The van der Waals surface area contributed by atoms with Crippen LogP contribution < -0.4 is 14.7 Å². The molecule has 2 heterocycles. The summed E-state index contributed by atoms with van der Waals surface area (Å²) in [6.45, 7) is 0. The van der Waals surface area contributed by atoms with E-state index in [1.54, 1.807) is 42.5 Å². The number of azo groups is 1. The number of nitrogens with zero attached hydrogens (tertiary/aromatic N) is 5. The molecule has 2 aliphatic heterocycles. The largest absolute Gasteiger partial charge is 0.508 e. The number of anilines is 3. The van der Waals surface area contributed by atoms with E-state index in [1.807, 2.05) is 61.5 Å². The molecule has 2 saturated heterocycles. The van der Waals surface area contributed by atoms with Crippen LogP contribution in [0.2, 0.25) is 0 Å². The highest BCUT2D eigenvalue weighted by Crippen LogP contribution is 2.67. The Morgan fingerprint density at radius 2 is 1.35 bits per heavy atom. The van der Waals surface area contributed by atoms with Gasteiger partial charge in [-0.3, -0.25) is 24.1 Å². The predicted molar refractivity (Wildman–Crippen MR) is 216 cm³/mol. The Balaban J connectivity index is 1.11. The lowest BCUT2D eigenvalue weighted by molar-refractivity contribution is -0.125. The molecule has 4 amide bonds. The fourth-order valence-corrected chi connectivity index (χ4v) is 10.1. The first-order valence-corrected chi connectivity index (χ1v) is 19.2. The molecule has 0 aromatic heterocycles. The number of hydrogen-bond acceptors (Lipinski definition) is 8. The van der Waals surface area contributed by atoms with E-state index >= 15 is 0 Å². The molecule has 6 unspecified atom stereocenters. The van der Waals surface area contributed by atoms with Crippen molar-refractivity contribution in [3.63, 3.8) is 0 Å². The van der Waals surface area contributed by atoms with E-state index in [4.69, 9.17) is 23.2 Å². The maximum Gasteiger partial charge on any atom is 0.258 e. The number of rotatable bonds is 6. The van der Waals surface area contributed by atoms with Crippen LogP contribution in [0.25, 0.3) is 10.8 Å². The second kappa shape index (κ2) is 13.3. The van der Waals surface area contributed by atoms with Gasteiger partial charge in [0.05, 0.1) is 34.6 Å². The number of phenols is 1. The summed E-state index contributed by atoms with van der Waals surface area (Å²) in [4.78, 5) is 57.9. The molecule has 4 aliphatic rings. The molecule has 5 aromatic carbocycles. The molecule has 1 saturated carbocycles. The number of carbonyl (C=O) groups is 4. The van der Waals surface area contributed by atoms with Crippen molar-refractivity contribution in [3.8, 4) is 5.75 Å². The van der Waals surface area contributed by atoms with E-state index in [1.165, 1.54) is 18.2 Å². The van der Waals surface area contributed by atoms with Crippen molar-refractivity contribution in [2.24, 2.45) is 28.0 Å². The summed E-state index contributed by atoms with van der Waals surface area (Å²) in [6, 6.07) is 29.5. The quantitative estimate of drug-likeness (QED) is 0.0792. The van der Waals surface area contributed by atoms with Crippen molar-refractivity contribution >= 4 is 86.0 Å². The molecule has 0 spiro atoms. The van der Waals surface area contributed by atoms with Gasteiger partial charge in [0, 0.05) is 31.3 Å². The van der Waals surface area contributed by atoms with Crippen molar-refractivity contribution in [1.82, 2.24) is 0 Å². The van der Waals surface area contributed by atoms with Gasteiger partial charge in [-0.25, -0.2) is 9.29 Å². The van der Waals surface area contributed by atoms with Gasteiger partial charge in [0.1, 0.15) is 11.6 Å². The Morgan fingerprint density at radius 3 is 2.02 bits per heavy atom. The summed E-state index contributed by atoms with van der Waals surface area (Å²) in [5.41, 5.74) is 3.42. The van der Waals surface area contributed by atoms with Crippen LogP contribution in [0.15, 0.2) is 131 Å². The number of benzene rings is 5. The van der Waals surface area contributed by atoms with E-state index in [0.717, 1.165) is 33.0 Å². The number of amides is 4. The number of aromatic hydroxyl groups is 1. The fraction of sp³-hybridized carbons (Fsp3) is 0.227. The van der Waals surface area contributed by atoms with E-state index in [2.05, 4.69) is 10.2 Å². The van der Waals surface area contributed by atoms with Gasteiger partial charge in [-0.2, -0.15) is 10.2 Å². The highest BCUT2D eigenvalue weighted by molar-refractivity contribution is 6.58. The minimum Gasteiger partial charge on any atom is -0.508 e. The van der Waals surface area contributed by atoms with Crippen molar-refractivity contribution in [2.75, 3.05) is 28.8 Å². The van der Waals surface area contributed by atoms with Crippen molar-refractivity contribution in [2.45, 2.75) is 28.5 Å². The van der Waals surface area contributed by atoms with E-state index < -0.39 is 62.9 Å². The van der Waals surface area contributed by atoms with Crippen LogP contribution in [-0.2, 0) is 19.2 Å². The second-order valence-electron chi connectivity index (χ2n) is 15.1. The summed E-state index contributed by atoms with van der Waals surface area (Å²) in [6.07, 6.45) is 1.71. The molecule has 6 atom stereocenters. The molecule has 286 valence electrons. The summed E-state index contributed by atoms with van der Waals surface area (Å²) >= 11 is 15.1. The normalized spacial score (nSPS) is 26.9. The third kappa shape index (κ3) is 5.43. The average molecular weight is 803 g/mol. The standard InChI is InChI=1S/C44H34Cl2FN5O5/c1-50(2)28-16-10-26(11-17-28)48-49-27-12-18-29(19-13-27)51-39(54)33-21-20-32-34(36(33)40(51)55)23-43(45)41(56)52(30-14-8-25(47)9-15-30)42(57)44(43,46)38(32)37-31-6-4-3-5-24(31)7-22-35(37)53/h3-20,22,33-34,36,38,53H,21,23H2,1-2H3. The van der Waals surface area contributed by atoms with E-state index in [-0.39, 0.29) is 29.8 Å². The fourth-order valence-electron chi connectivity index (χ4n) is 9.16. The number of fused-ring (bicyclic) bond motifs is 5. The van der Waals surface area contributed by atoms with Gasteiger partial charge < -0.3 is 10.0 Å². The first kappa shape index (κ1) is 36.7. The zero-order valence-corrected chi connectivity index (χ0v) is 32.2. The van der Waals surface area contributed by atoms with Gasteiger partial charge in [-0.05, 0) is 108 Å². The van der Waals surface area contributed by atoms with Crippen LogP contribution >= 0.6 is 23.2 Å². The Morgan fingerprint density at radius 1 is 0.737 bits per heavy atom. The summed E-state index contributed by atoms with van der Waals surface area (Å²) in [5.74, 6) is -7.10. The van der Waals surface area contributed by atoms with Gasteiger partial charge >= 0.3 is 0 Å². The molecule has 13 heteroatoms. The first-order chi connectivity index (χ1) is 27.3. The lowest BCUT2D eigenvalue weighted by atomic mass is 9.56. The summed E-state index contributed by atoms with van der Waals surface area (Å²) in [5, 5.41) is 21.6. The molecule has 10 nitrogen and oxygen atoms in total. The van der Waals surface area contributed by atoms with Gasteiger partial charge in [-0.15, -0.1) is 23.2 Å². The molecule has 3 fully saturated rings. The zero-order chi connectivity index (χ0) is 40.0. The van der Waals surface area contributed by atoms with Crippen LogP contribution in [0, 0.1) is 23.6 Å². The third-order valence-electron chi connectivity index (χ3n) is 11.9. The van der Waals surface area contributed by atoms with Crippen molar-refractivity contribution in [3.05, 3.63) is 132 Å². The van der Waals surface area contributed by atoms with Crippen molar-refractivity contribution in [1.29, 1.82) is 0 Å². The molecule has 5 aromatic rings. The third-order valence-corrected chi connectivity index (χ3v) is 13.3. The molecular formula is C44H34Cl2FN5O5. The highest BCUT2D eigenvalue weighted by Gasteiger charge is 2.77. The van der Waals surface area contributed by atoms with Gasteiger partial charge in [0.15, 0.2) is 9.75 Å². The number of alkyl halides is 2. The number of phenolic OH excluding ortho intramolecular Hbond substituents is 1. The SMILES string of the molecule is CN(C)c1ccc(N=Nc2ccc(N3C(=O)C4CC=C5C(CC6(Cl)C(=O)N(c7ccc(F)cc7)C(=O)C6(Cl)C5c5c(O)ccc6ccccc56)C4C3=O)cc2)cc1. The molecular weight excluding hydrogens is 768 g/mol. The summed E-state index contributed by atoms with van der Waals surface area (Å²) in [7, 11) is 3.90. The Labute approximate surface area is 336 Å². The Kier molecular flexibility index (Phi) is 8.60. The predicted octanol–water partition coefficient (Wildman–Crippen LogP) is 8.93. The molecule has 57 heavy (non-hydrogen) atoms. The maximum absolute atomic E-state index is 14.8. The van der Waals surface area contributed by atoms with Crippen LogP contribution in [-0.4, -0.2) is 52.6 Å². The minimum absolute atomic E-state index is 0.0695. The molecule has 0 radical (unpaired) electrons. The van der Waals surface area contributed by atoms with Crippen molar-refractivity contribution < 1.29 is 28.7 Å². The average Bonchev–Trinajstić information content (AvgIpc) is 3.55. The van der Waals surface area contributed by atoms with Crippen LogP contribution in [0.3, 0.4) is 0 Å². The van der Waals surface area contributed by atoms with Crippen LogP contribution in [0.1, 0.15) is 24.3 Å². The van der Waals surface area contributed by atoms with Crippen LogP contribution in [0.4, 0.5) is 32.8 Å².